The molecule has 3 heterocycles. The number of nitrogens with zero attached hydrogens (tertiary/aromatic N) is 3. The SMILES string of the molecule is CC(=O)NC[C@H]1CN(c2ccc3c(c2)OCC2CN(C=O)CCN32)C(=O)O1. The molecular formula is C18H22N4O5. The summed E-state index contributed by atoms with van der Waals surface area (Å²) in [7, 11) is 0. The number of amides is 3. The number of cyclic esters (lactones) is 1. The van der Waals surface area contributed by atoms with E-state index < -0.39 is 6.09 Å². The molecule has 9 nitrogen and oxygen atoms in total. The van der Waals surface area contributed by atoms with Crippen LogP contribution in [-0.2, 0) is 14.3 Å². The lowest BCUT2D eigenvalue weighted by Gasteiger charge is -2.44. The topological polar surface area (TPSA) is 91.4 Å². The zero-order valence-corrected chi connectivity index (χ0v) is 15.1. The molecule has 144 valence electrons. The van der Waals surface area contributed by atoms with Gasteiger partial charge in [-0.25, -0.2) is 4.79 Å². The number of carbonyl (C=O) groups is 3. The van der Waals surface area contributed by atoms with Gasteiger partial charge in [0.2, 0.25) is 12.3 Å². The van der Waals surface area contributed by atoms with Crippen molar-refractivity contribution in [2.75, 3.05) is 49.1 Å². The molecule has 0 bridgehead atoms. The maximum atomic E-state index is 12.2. The van der Waals surface area contributed by atoms with Crippen molar-refractivity contribution in [2.24, 2.45) is 0 Å². The molecule has 0 aromatic heterocycles. The van der Waals surface area contributed by atoms with Crippen LogP contribution in [-0.4, -0.2) is 74.8 Å². The van der Waals surface area contributed by atoms with E-state index in [4.69, 9.17) is 9.47 Å². The number of carbonyl (C=O) groups excluding carboxylic acids is 3. The lowest BCUT2D eigenvalue weighted by atomic mass is 10.1. The second kappa shape index (κ2) is 6.98. The minimum absolute atomic E-state index is 0.140. The monoisotopic (exact) mass is 374 g/mol. The van der Waals surface area contributed by atoms with Crippen LogP contribution in [0.25, 0.3) is 0 Å². The Kier molecular flexibility index (Phi) is 4.51. The van der Waals surface area contributed by atoms with Crippen molar-refractivity contribution in [1.29, 1.82) is 0 Å². The van der Waals surface area contributed by atoms with Gasteiger partial charge in [0, 0.05) is 32.6 Å². The van der Waals surface area contributed by atoms with Crippen LogP contribution in [0.15, 0.2) is 18.2 Å². The highest BCUT2D eigenvalue weighted by atomic mass is 16.6. The summed E-state index contributed by atoms with van der Waals surface area (Å²) in [6, 6.07) is 5.81. The standard InChI is InChI=1S/C18H22N4O5/c1-12(24)19-7-15-9-22(18(25)27-15)13-2-3-16-17(6-13)26-10-14-8-20(11-23)4-5-21(14)16/h2-3,6,11,14-15H,4-5,7-10H2,1H3,(H,19,24)/t14?,15-/m0/s1. The number of benzene rings is 1. The van der Waals surface area contributed by atoms with E-state index in [2.05, 4.69) is 10.2 Å². The molecule has 3 aliphatic heterocycles. The van der Waals surface area contributed by atoms with Crippen LogP contribution in [0.2, 0.25) is 0 Å². The fraction of sp³-hybridized carbons (Fsp3) is 0.500. The second-order valence-corrected chi connectivity index (χ2v) is 6.96. The van der Waals surface area contributed by atoms with E-state index >= 15 is 0 Å². The Balaban J connectivity index is 1.48. The molecular weight excluding hydrogens is 352 g/mol. The van der Waals surface area contributed by atoms with E-state index in [-0.39, 0.29) is 18.1 Å². The summed E-state index contributed by atoms with van der Waals surface area (Å²) >= 11 is 0. The van der Waals surface area contributed by atoms with E-state index in [0.29, 0.717) is 38.5 Å². The average Bonchev–Trinajstić information content (AvgIpc) is 3.06. The maximum absolute atomic E-state index is 12.2. The maximum Gasteiger partial charge on any atom is 0.414 e. The van der Waals surface area contributed by atoms with Crippen LogP contribution in [0.4, 0.5) is 16.2 Å². The number of ether oxygens (including phenoxy) is 2. The third-order valence-electron chi connectivity index (χ3n) is 5.11. The molecule has 2 fully saturated rings. The highest BCUT2D eigenvalue weighted by Crippen LogP contribution is 2.38. The Hall–Kier alpha value is -2.97. The van der Waals surface area contributed by atoms with Crippen LogP contribution in [0.1, 0.15) is 6.92 Å². The number of nitrogens with one attached hydrogen (secondary N) is 1. The van der Waals surface area contributed by atoms with Crippen LogP contribution in [0, 0.1) is 0 Å². The van der Waals surface area contributed by atoms with E-state index in [1.807, 2.05) is 18.2 Å². The first kappa shape index (κ1) is 17.4. The van der Waals surface area contributed by atoms with E-state index in [9.17, 15) is 14.4 Å². The molecule has 0 radical (unpaired) electrons. The Morgan fingerprint density at radius 3 is 2.96 bits per heavy atom. The molecule has 1 aromatic rings. The fourth-order valence-electron chi connectivity index (χ4n) is 3.74. The molecule has 2 saturated heterocycles. The lowest BCUT2D eigenvalue weighted by molar-refractivity contribution is -0.120. The van der Waals surface area contributed by atoms with Crippen molar-refractivity contribution < 1.29 is 23.9 Å². The molecule has 0 spiro atoms. The third-order valence-corrected chi connectivity index (χ3v) is 5.11. The van der Waals surface area contributed by atoms with Crippen molar-refractivity contribution in [3.63, 3.8) is 0 Å². The minimum atomic E-state index is -0.432. The molecule has 3 amide bonds. The Morgan fingerprint density at radius 1 is 1.33 bits per heavy atom. The summed E-state index contributed by atoms with van der Waals surface area (Å²) in [6.07, 6.45) is 0.0736. The van der Waals surface area contributed by atoms with Gasteiger partial charge in [-0.15, -0.1) is 0 Å². The van der Waals surface area contributed by atoms with Crippen molar-refractivity contribution in [3.8, 4) is 5.75 Å². The number of hydrogen-bond donors (Lipinski definition) is 1. The summed E-state index contributed by atoms with van der Waals surface area (Å²) in [6.45, 7) is 4.68. The highest BCUT2D eigenvalue weighted by molar-refractivity contribution is 5.90. The molecule has 3 aliphatic rings. The van der Waals surface area contributed by atoms with Gasteiger partial charge in [-0.05, 0) is 12.1 Å². The van der Waals surface area contributed by atoms with Gasteiger partial charge in [0.1, 0.15) is 18.5 Å². The Labute approximate surface area is 156 Å². The predicted octanol–water partition coefficient (Wildman–Crippen LogP) is 0.187. The van der Waals surface area contributed by atoms with Crippen molar-refractivity contribution in [1.82, 2.24) is 10.2 Å². The van der Waals surface area contributed by atoms with Gasteiger partial charge in [-0.3, -0.25) is 14.5 Å². The van der Waals surface area contributed by atoms with Crippen molar-refractivity contribution in [3.05, 3.63) is 18.2 Å². The third kappa shape index (κ3) is 3.36. The smallest absolute Gasteiger partial charge is 0.414 e. The van der Waals surface area contributed by atoms with Gasteiger partial charge < -0.3 is 24.6 Å². The van der Waals surface area contributed by atoms with Gasteiger partial charge in [0.05, 0.1) is 30.5 Å². The number of anilines is 2. The van der Waals surface area contributed by atoms with E-state index in [1.54, 1.807) is 9.80 Å². The average molecular weight is 374 g/mol. The molecule has 1 aromatic carbocycles. The van der Waals surface area contributed by atoms with Gasteiger partial charge in [0.25, 0.3) is 0 Å². The van der Waals surface area contributed by atoms with Crippen LogP contribution in [0.3, 0.4) is 0 Å². The molecule has 27 heavy (non-hydrogen) atoms. The number of piperazine rings is 1. The Bertz CT molecular complexity index is 770. The molecule has 4 rings (SSSR count). The number of hydrogen-bond acceptors (Lipinski definition) is 6. The zero-order valence-electron chi connectivity index (χ0n) is 15.1. The summed E-state index contributed by atoms with van der Waals surface area (Å²) in [5.41, 5.74) is 1.68. The quantitative estimate of drug-likeness (QED) is 0.757. The lowest BCUT2D eigenvalue weighted by Crippen LogP contribution is -2.56. The minimum Gasteiger partial charge on any atom is -0.489 e. The second-order valence-electron chi connectivity index (χ2n) is 6.96. The molecule has 9 heteroatoms. The summed E-state index contributed by atoms with van der Waals surface area (Å²) in [5, 5.41) is 2.67. The largest absolute Gasteiger partial charge is 0.489 e. The summed E-state index contributed by atoms with van der Waals surface area (Å²) in [4.78, 5) is 39.8. The first-order chi connectivity index (χ1) is 13.0. The molecule has 0 saturated carbocycles. The molecule has 1 unspecified atom stereocenters. The van der Waals surface area contributed by atoms with Crippen LogP contribution in [0.5, 0.6) is 5.75 Å². The van der Waals surface area contributed by atoms with E-state index in [1.165, 1.54) is 6.92 Å². The molecule has 1 N–H and O–H groups in total. The summed E-state index contributed by atoms with van der Waals surface area (Å²) < 4.78 is 11.2. The van der Waals surface area contributed by atoms with Gasteiger partial charge >= 0.3 is 6.09 Å². The molecule has 2 atom stereocenters. The predicted molar refractivity (Wildman–Crippen MR) is 97.0 cm³/mol. The zero-order chi connectivity index (χ0) is 19.0. The number of rotatable bonds is 4. The first-order valence-electron chi connectivity index (χ1n) is 9.00. The normalized spacial score (nSPS) is 23.9. The van der Waals surface area contributed by atoms with Gasteiger partial charge in [-0.1, -0.05) is 0 Å². The van der Waals surface area contributed by atoms with Crippen LogP contribution < -0.4 is 19.9 Å². The summed E-state index contributed by atoms with van der Waals surface area (Å²) in [5.74, 6) is 0.567. The first-order valence-corrected chi connectivity index (χ1v) is 9.00. The van der Waals surface area contributed by atoms with Crippen molar-refractivity contribution >= 4 is 29.8 Å². The van der Waals surface area contributed by atoms with Crippen molar-refractivity contribution in [2.45, 2.75) is 19.1 Å². The highest BCUT2D eigenvalue weighted by Gasteiger charge is 2.35. The molecule has 0 aliphatic carbocycles. The Morgan fingerprint density at radius 2 is 2.19 bits per heavy atom. The van der Waals surface area contributed by atoms with Gasteiger partial charge in [-0.2, -0.15) is 0 Å². The fourth-order valence-corrected chi connectivity index (χ4v) is 3.74. The van der Waals surface area contributed by atoms with Gasteiger partial charge in [0.15, 0.2) is 0 Å². The van der Waals surface area contributed by atoms with Crippen LogP contribution >= 0.6 is 0 Å². The van der Waals surface area contributed by atoms with E-state index in [0.717, 1.165) is 24.4 Å². The number of fused-ring (bicyclic) bond motifs is 3.